The number of ketones is 1. The molecule has 0 aliphatic carbocycles. The van der Waals surface area contributed by atoms with E-state index in [1.54, 1.807) is 4.90 Å². The highest BCUT2D eigenvalue weighted by Gasteiger charge is 2.29. The molecule has 1 aromatic heterocycles. The topological polar surface area (TPSA) is 116 Å². The number of hydrogen-bond donors (Lipinski definition) is 1. The highest BCUT2D eigenvalue weighted by atomic mass is 16.5. The zero-order chi connectivity index (χ0) is 31.5. The summed E-state index contributed by atoms with van der Waals surface area (Å²) in [7, 11) is 0. The summed E-state index contributed by atoms with van der Waals surface area (Å²) in [6.07, 6.45) is 2.09. The predicted octanol–water partition coefficient (Wildman–Crippen LogP) is 5.19. The van der Waals surface area contributed by atoms with E-state index in [-0.39, 0.29) is 36.5 Å². The summed E-state index contributed by atoms with van der Waals surface area (Å²) >= 11 is 0. The fourth-order valence-electron chi connectivity index (χ4n) is 5.14. The summed E-state index contributed by atoms with van der Waals surface area (Å²) in [4.78, 5) is 39.8. The summed E-state index contributed by atoms with van der Waals surface area (Å²) in [5.41, 5.74) is 5.07. The SMILES string of the molecule is CC(C)CCC(=O)CCOCCNC(=O)CCC(=O)N1Cc2ccccc2-c2c(nnn2CCOC(C)C)-c2ccccc21. The van der Waals surface area contributed by atoms with Crippen molar-refractivity contribution >= 4 is 23.3 Å². The molecular formula is C34H45N5O5. The Labute approximate surface area is 260 Å². The third kappa shape index (κ3) is 9.06. The molecule has 3 aromatic rings. The zero-order valence-corrected chi connectivity index (χ0v) is 26.4. The van der Waals surface area contributed by atoms with Crippen LogP contribution in [0, 0.1) is 5.92 Å². The van der Waals surface area contributed by atoms with Crippen molar-refractivity contribution in [3.05, 3.63) is 54.1 Å². The van der Waals surface area contributed by atoms with Crippen LogP contribution in [0.4, 0.5) is 5.69 Å². The molecule has 1 N–H and O–H groups in total. The van der Waals surface area contributed by atoms with Gasteiger partial charge in [0.2, 0.25) is 11.8 Å². The van der Waals surface area contributed by atoms with E-state index in [9.17, 15) is 14.4 Å². The van der Waals surface area contributed by atoms with Crippen molar-refractivity contribution in [1.82, 2.24) is 20.3 Å². The van der Waals surface area contributed by atoms with Gasteiger partial charge in [-0.2, -0.15) is 0 Å². The van der Waals surface area contributed by atoms with Gasteiger partial charge in [-0.05, 0) is 37.8 Å². The number of benzene rings is 2. The Morgan fingerprint density at radius 1 is 0.886 bits per heavy atom. The van der Waals surface area contributed by atoms with Crippen molar-refractivity contribution < 1.29 is 23.9 Å². The van der Waals surface area contributed by atoms with Crippen molar-refractivity contribution in [2.45, 2.75) is 79.0 Å². The molecule has 2 heterocycles. The summed E-state index contributed by atoms with van der Waals surface area (Å²) in [5, 5.41) is 11.9. The van der Waals surface area contributed by atoms with Crippen molar-refractivity contribution in [1.29, 1.82) is 0 Å². The first kappa shape index (κ1) is 33.0. The average molecular weight is 604 g/mol. The van der Waals surface area contributed by atoms with Gasteiger partial charge in [0.25, 0.3) is 0 Å². The minimum absolute atomic E-state index is 0.0552. The molecule has 1 aliphatic heterocycles. The molecule has 0 bridgehead atoms. The number of ether oxygens (including phenoxy) is 2. The molecule has 10 heteroatoms. The van der Waals surface area contributed by atoms with Gasteiger partial charge < -0.3 is 19.7 Å². The summed E-state index contributed by atoms with van der Waals surface area (Å²) in [6, 6.07) is 15.7. The zero-order valence-electron chi connectivity index (χ0n) is 26.4. The lowest BCUT2D eigenvalue weighted by molar-refractivity contribution is -0.125. The quantitative estimate of drug-likeness (QED) is 0.224. The van der Waals surface area contributed by atoms with E-state index in [0.717, 1.165) is 34.5 Å². The van der Waals surface area contributed by atoms with Crippen LogP contribution in [-0.2, 0) is 36.9 Å². The smallest absolute Gasteiger partial charge is 0.227 e. The minimum Gasteiger partial charge on any atom is -0.379 e. The number of Topliss-reactive ketones (excluding diaryl/α,β-unsaturated/α-hetero) is 1. The fourth-order valence-corrected chi connectivity index (χ4v) is 5.14. The Kier molecular flexibility index (Phi) is 12.2. The van der Waals surface area contributed by atoms with Crippen molar-refractivity contribution in [2.75, 3.05) is 31.3 Å². The van der Waals surface area contributed by atoms with E-state index in [4.69, 9.17) is 9.47 Å². The molecule has 0 unspecified atom stereocenters. The lowest BCUT2D eigenvalue weighted by atomic mass is 9.95. The number of amides is 2. The molecule has 10 nitrogen and oxygen atoms in total. The van der Waals surface area contributed by atoms with Crippen molar-refractivity contribution in [3.8, 4) is 22.5 Å². The van der Waals surface area contributed by atoms with Gasteiger partial charge in [0.15, 0.2) is 0 Å². The van der Waals surface area contributed by atoms with Gasteiger partial charge in [-0.1, -0.05) is 61.5 Å². The van der Waals surface area contributed by atoms with Gasteiger partial charge in [0, 0.05) is 43.4 Å². The van der Waals surface area contributed by atoms with Crippen molar-refractivity contribution in [3.63, 3.8) is 0 Å². The predicted molar refractivity (Wildman–Crippen MR) is 170 cm³/mol. The van der Waals surface area contributed by atoms with Gasteiger partial charge in [-0.3, -0.25) is 14.4 Å². The molecule has 1 aliphatic rings. The van der Waals surface area contributed by atoms with E-state index in [2.05, 4.69) is 29.5 Å². The van der Waals surface area contributed by atoms with Crippen LogP contribution < -0.4 is 10.2 Å². The highest BCUT2D eigenvalue weighted by molar-refractivity contribution is 6.01. The summed E-state index contributed by atoms with van der Waals surface area (Å²) < 4.78 is 13.2. The van der Waals surface area contributed by atoms with Crippen LogP contribution in [0.1, 0.15) is 65.4 Å². The molecule has 0 fully saturated rings. The normalized spacial score (nSPS) is 12.4. The van der Waals surface area contributed by atoms with Crippen molar-refractivity contribution in [2.24, 2.45) is 5.92 Å². The maximum absolute atomic E-state index is 13.7. The molecule has 0 atom stereocenters. The summed E-state index contributed by atoms with van der Waals surface area (Å²) in [5.74, 6) is 0.336. The monoisotopic (exact) mass is 603 g/mol. The van der Waals surface area contributed by atoms with Crippen LogP contribution in [0.15, 0.2) is 48.5 Å². The second-order valence-electron chi connectivity index (χ2n) is 11.8. The molecular weight excluding hydrogens is 558 g/mol. The Balaban J connectivity index is 1.39. The number of rotatable bonds is 16. The van der Waals surface area contributed by atoms with Crippen LogP contribution in [0.5, 0.6) is 0 Å². The van der Waals surface area contributed by atoms with E-state index in [1.165, 1.54) is 0 Å². The second-order valence-corrected chi connectivity index (χ2v) is 11.8. The van der Waals surface area contributed by atoms with Gasteiger partial charge >= 0.3 is 0 Å². The van der Waals surface area contributed by atoms with E-state index >= 15 is 0 Å². The Morgan fingerprint density at radius 2 is 1.64 bits per heavy atom. The van der Waals surface area contributed by atoms with E-state index in [1.807, 2.05) is 67.1 Å². The van der Waals surface area contributed by atoms with Gasteiger partial charge in [-0.15, -0.1) is 5.10 Å². The Bertz CT molecular complexity index is 1420. The fraction of sp³-hybridized carbons (Fsp3) is 0.500. The van der Waals surface area contributed by atoms with E-state index in [0.29, 0.717) is 63.9 Å². The van der Waals surface area contributed by atoms with Crippen LogP contribution in [0.25, 0.3) is 22.5 Å². The molecule has 2 aromatic carbocycles. The van der Waals surface area contributed by atoms with Gasteiger partial charge in [-0.25, -0.2) is 4.68 Å². The first-order chi connectivity index (χ1) is 21.2. The maximum Gasteiger partial charge on any atom is 0.227 e. The maximum atomic E-state index is 13.7. The lowest BCUT2D eigenvalue weighted by Gasteiger charge is -2.28. The lowest BCUT2D eigenvalue weighted by Crippen LogP contribution is -2.34. The molecule has 2 amide bonds. The third-order valence-corrected chi connectivity index (χ3v) is 7.50. The number of nitrogens with one attached hydrogen (secondary N) is 1. The summed E-state index contributed by atoms with van der Waals surface area (Å²) in [6.45, 7) is 10.6. The standard InChI is InChI=1S/C34H45N5O5/c1-24(2)13-14-27(40)17-20-43-21-18-35-31(41)15-16-32(42)38-23-26-9-5-6-10-28(26)34-33(29-11-7-8-12-30(29)38)36-37-39(34)19-22-44-25(3)4/h5-12,24-25H,13-23H2,1-4H3,(H,35,41). The Morgan fingerprint density at radius 3 is 2.41 bits per heavy atom. The van der Waals surface area contributed by atoms with E-state index < -0.39 is 0 Å². The van der Waals surface area contributed by atoms with Gasteiger partial charge in [0.05, 0.1) is 50.4 Å². The first-order valence-corrected chi connectivity index (χ1v) is 15.6. The average Bonchev–Trinajstić information content (AvgIpc) is 3.41. The highest BCUT2D eigenvalue weighted by Crippen LogP contribution is 2.41. The largest absolute Gasteiger partial charge is 0.379 e. The molecule has 0 spiro atoms. The van der Waals surface area contributed by atoms with Gasteiger partial charge in [0.1, 0.15) is 11.5 Å². The number of aromatic nitrogens is 3. The number of carbonyl (C=O) groups is 3. The molecule has 236 valence electrons. The number of hydrogen-bond acceptors (Lipinski definition) is 7. The van der Waals surface area contributed by atoms with Crippen LogP contribution in [0.2, 0.25) is 0 Å². The van der Waals surface area contributed by atoms with Crippen LogP contribution in [-0.4, -0.2) is 65.1 Å². The third-order valence-electron chi connectivity index (χ3n) is 7.50. The molecule has 0 saturated carbocycles. The number of anilines is 1. The molecule has 44 heavy (non-hydrogen) atoms. The first-order valence-electron chi connectivity index (χ1n) is 15.6. The molecule has 0 saturated heterocycles. The second kappa shape index (κ2) is 16.3. The van der Waals surface area contributed by atoms with Crippen LogP contribution in [0.3, 0.4) is 0 Å². The number of nitrogens with zero attached hydrogens (tertiary/aromatic N) is 4. The Hall–Kier alpha value is -3.89. The van der Waals surface area contributed by atoms with Crippen LogP contribution >= 0.6 is 0 Å². The number of fused-ring (bicyclic) bond motifs is 5. The molecule has 4 rings (SSSR count). The number of carbonyl (C=O) groups excluding carboxylic acids is 3. The number of para-hydroxylation sites is 1. The molecule has 0 radical (unpaired) electrons. The minimum atomic E-state index is -0.218.